The van der Waals surface area contributed by atoms with Gasteiger partial charge in [0, 0.05) is 31.2 Å². The molecule has 1 aromatic carbocycles. The largest absolute Gasteiger partial charge is 0.481 e. The fourth-order valence-corrected chi connectivity index (χ4v) is 4.73. The van der Waals surface area contributed by atoms with E-state index in [2.05, 4.69) is 0 Å². The topological polar surface area (TPSA) is 95.0 Å². The van der Waals surface area contributed by atoms with Gasteiger partial charge in [-0.1, -0.05) is 19.9 Å². The lowest BCUT2D eigenvalue weighted by Gasteiger charge is -2.24. The van der Waals surface area contributed by atoms with Crippen LogP contribution in [0.2, 0.25) is 0 Å². The molecule has 0 spiro atoms. The summed E-state index contributed by atoms with van der Waals surface area (Å²) in [6.07, 6.45) is 0.402. The lowest BCUT2D eigenvalue weighted by Crippen LogP contribution is -2.37. The summed E-state index contributed by atoms with van der Waals surface area (Å²) in [4.78, 5) is 25.5. The maximum Gasteiger partial charge on any atom is 0.308 e. The van der Waals surface area contributed by atoms with Crippen molar-refractivity contribution in [2.45, 2.75) is 38.1 Å². The monoisotopic (exact) mass is 368 g/mol. The van der Waals surface area contributed by atoms with Gasteiger partial charge in [0.1, 0.15) is 0 Å². The number of benzene rings is 1. The third kappa shape index (κ3) is 3.69. The standard InChI is InChI=1S/C17H24N2O5S/c1-4-18(5-2)25(23,24)14-8-6-7-13(11-14)16(20)19-10-9-15(12(19)3)17(21)22/h6-8,11-12,15H,4-5,9-10H2,1-3H3,(H,21,22). The number of likely N-dealkylation sites (tertiary alicyclic amines) is 1. The molecule has 1 fully saturated rings. The number of carboxylic acids is 1. The van der Waals surface area contributed by atoms with Crippen LogP contribution in [-0.4, -0.2) is 60.3 Å². The average Bonchev–Trinajstić information content (AvgIpc) is 2.97. The van der Waals surface area contributed by atoms with E-state index < -0.39 is 28.0 Å². The van der Waals surface area contributed by atoms with Gasteiger partial charge >= 0.3 is 5.97 Å². The molecule has 7 nitrogen and oxygen atoms in total. The van der Waals surface area contributed by atoms with Crippen molar-refractivity contribution >= 4 is 21.9 Å². The predicted octanol–water partition coefficient (Wildman–Crippen LogP) is 1.65. The number of carbonyl (C=O) groups is 2. The molecule has 138 valence electrons. The van der Waals surface area contributed by atoms with Crippen LogP contribution < -0.4 is 0 Å². The lowest BCUT2D eigenvalue weighted by atomic mass is 10.0. The highest BCUT2D eigenvalue weighted by Gasteiger charge is 2.38. The first kappa shape index (κ1) is 19.4. The van der Waals surface area contributed by atoms with E-state index >= 15 is 0 Å². The fraction of sp³-hybridized carbons (Fsp3) is 0.529. The maximum atomic E-state index is 12.7. The molecule has 1 heterocycles. The molecule has 2 atom stereocenters. The van der Waals surface area contributed by atoms with Gasteiger partial charge in [0.2, 0.25) is 10.0 Å². The first-order valence-corrected chi connectivity index (χ1v) is 9.82. The summed E-state index contributed by atoms with van der Waals surface area (Å²) >= 11 is 0. The molecular formula is C17H24N2O5S. The molecule has 8 heteroatoms. The molecule has 2 unspecified atom stereocenters. The number of carboxylic acid groups (broad SMARTS) is 1. The molecule has 1 amide bonds. The highest BCUT2D eigenvalue weighted by Crippen LogP contribution is 2.27. The molecule has 1 N–H and O–H groups in total. The maximum absolute atomic E-state index is 12.7. The van der Waals surface area contributed by atoms with Gasteiger partial charge in [0.15, 0.2) is 0 Å². The van der Waals surface area contributed by atoms with Crippen LogP contribution in [0, 0.1) is 5.92 Å². The number of aliphatic carboxylic acids is 1. The van der Waals surface area contributed by atoms with Gasteiger partial charge in [-0.25, -0.2) is 8.42 Å². The molecule has 25 heavy (non-hydrogen) atoms. The van der Waals surface area contributed by atoms with Crippen LogP contribution >= 0.6 is 0 Å². The van der Waals surface area contributed by atoms with Gasteiger partial charge in [-0.15, -0.1) is 0 Å². The minimum absolute atomic E-state index is 0.0729. The summed E-state index contributed by atoms with van der Waals surface area (Å²) in [5.41, 5.74) is 0.256. The molecule has 0 radical (unpaired) electrons. The molecule has 1 aromatic rings. The minimum atomic E-state index is -3.65. The summed E-state index contributed by atoms with van der Waals surface area (Å²) in [5.74, 6) is -1.85. The van der Waals surface area contributed by atoms with Crippen LogP contribution in [0.4, 0.5) is 0 Å². The van der Waals surface area contributed by atoms with Gasteiger partial charge < -0.3 is 10.0 Å². The summed E-state index contributed by atoms with van der Waals surface area (Å²) in [6.45, 7) is 6.27. The van der Waals surface area contributed by atoms with Crippen LogP contribution in [0.5, 0.6) is 0 Å². The van der Waals surface area contributed by atoms with Crippen molar-refractivity contribution in [2.75, 3.05) is 19.6 Å². The van der Waals surface area contributed by atoms with E-state index in [0.29, 0.717) is 26.1 Å². The normalized spacial score (nSPS) is 20.9. The Morgan fingerprint density at radius 2 is 1.92 bits per heavy atom. The molecule has 0 saturated carbocycles. The van der Waals surface area contributed by atoms with Crippen molar-refractivity contribution in [3.63, 3.8) is 0 Å². The van der Waals surface area contributed by atoms with Crippen LogP contribution in [0.1, 0.15) is 37.6 Å². The number of nitrogens with zero attached hydrogens (tertiary/aromatic N) is 2. The number of sulfonamides is 1. The molecule has 0 aliphatic carbocycles. The summed E-state index contributed by atoms with van der Waals surface area (Å²) < 4.78 is 26.6. The Morgan fingerprint density at radius 3 is 2.44 bits per heavy atom. The van der Waals surface area contributed by atoms with Crippen LogP contribution in [0.25, 0.3) is 0 Å². The Kier molecular flexibility index (Phi) is 5.84. The second kappa shape index (κ2) is 7.53. The zero-order valence-corrected chi connectivity index (χ0v) is 15.5. The molecule has 0 bridgehead atoms. The van der Waals surface area contributed by atoms with E-state index in [-0.39, 0.29) is 16.4 Å². The number of amides is 1. The minimum Gasteiger partial charge on any atom is -0.481 e. The van der Waals surface area contributed by atoms with Gasteiger partial charge in [-0.2, -0.15) is 4.31 Å². The molecule has 1 aliphatic rings. The Hall–Kier alpha value is -1.93. The quantitative estimate of drug-likeness (QED) is 0.824. The van der Waals surface area contributed by atoms with Crippen molar-refractivity contribution < 1.29 is 23.1 Å². The molecule has 1 saturated heterocycles. The third-order valence-electron chi connectivity index (χ3n) is 4.76. The van der Waals surface area contributed by atoms with Crippen LogP contribution in [-0.2, 0) is 14.8 Å². The first-order chi connectivity index (χ1) is 11.7. The zero-order chi connectivity index (χ0) is 18.8. The lowest BCUT2D eigenvalue weighted by molar-refractivity contribution is -0.142. The van der Waals surface area contributed by atoms with E-state index in [9.17, 15) is 23.1 Å². The number of carbonyl (C=O) groups excluding carboxylic acids is 1. The Bertz CT molecular complexity index is 758. The predicted molar refractivity (Wildman–Crippen MR) is 92.8 cm³/mol. The fourth-order valence-electron chi connectivity index (χ4n) is 3.22. The van der Waals surface area contributed by atoms with E-state index in [0.717, 1.165) is 0 Å². The third-order valence-corrected chi connectivity index (χ3v) is 6.80. The smallest absolute Gasteiger partial charge is 0.308 e. The van der Waals surface area contributed by atoms with Gasteiger partial charge in [0.25, 0.3) is 5.91 Å². The number of hydrogen-bond acceptors (Lipinski definition) is 4. The first-order valence-electron chi connectivity index (χ1n) is 8.38. The van der Waals surface area contributed by atoms with E-state index in [4.69, 9.17) is 0 Å². The van der Waals surface area contributed by atoms with Crippen LogP contribution in [0.3, 0.4) is 0 Å². The van der Waals surface area contributed by atoms with Gasteiger partial charge in [-0.05, 0) is 31.5 Å². The van der Waals surface area contributed by atoms with Gasteiger partial charge in [-0.3, -0.25) is 9.59 Å². The van der Waals surface area contributed by atoms with Crippen molar-refractivity contribution in [3.05, 3.63) is 29.8 Å². The molecule has 1 aliphatic heterocycles. The molecular weight excluding hydrogens is 344 g/mol. The van der Waals surface area contributed by atoms with E-state index in [1.807, 2.05) is 0 Å². The summed E-state index contributed by atoms with van der Waals surface area (Å²) in [6, 6.07) is 5.52. The Balaban J connectivity index is 2.30. The Labute approximate surface area is 148 Å². The number of hydrogen-bond donors (Lipinski definition) is 1. The zero-order valence-electron chi connectivity index (χ0n) is 14.7. The molecule has 2 rings (SSSR count). The van der Waals surface area contributed by atoms with Crippen molar-refractivity contribution in [2.24, 2.45) is 5.92 Å². The van der Waals surface area contributed by atoms with E-state index in [1.165, 1.54) is 21.3 Å². The van der Waals surface area contributed by atoms with Gasteiger partial charge in [0.05, 0.1) is 10.8 Å². The second-order valence-corrected chi connectivity index (χ2v) is 8.03. The van der Waals surface area contributed by atoms with E-state index in [1.54, 1.807) is 32.9 Å². The highest BCUT2D eigenvalue weighted by molar-refractivity contribution is 7.89. The average molecular weight is 368 g/mol. The summed E-state index contributed by atoms with van der Waals surface area (Å²) in [5, 5.41) is 9.20. The number of rotatable bonds is 6. The van der Waals surface area contributed by atoms with Crippen molar-refractivity contribution in [1.29, 1.82) is 0 Å². The highest BCUT2D eigenvalue weighted by atomic mass is 32.2. The molecule has 0 aromatic heterocycles. The van der Waals surface area contributed by atoms with Crippen molar-refractivity contribution in [3.8, 4) is 0 Å². The second-order valence-electron chi connectivity index (χ2n) is 6.09. The van der Waals surface area contributed by atoms with Crippen LogP contribution in [0.15, 0.2) is 29.2 Å². The van der Waals surface area contributed by atoms with Crippen molar-refractivity contribution in [1.82, 2.24) is 9.21 Å². The summed E-state index contributed by atoms with van der Waals surface area (Å²) in [7, 11) is -3.65. The Morgan fingerprint density at radius 1 is 1.28 bits per heavy atom. The SMILES string of the molecule is CCN(CC)S(=O)(=O)c1cccc(C(=O)N2CCC(C(=O)O)C2C)c1.